The number of nitrogens with one attached hydrogen (secondary N) is 1. The number of amides is 1. The highest BCUT2D eigenvalue weighted by Crippen LogP contribution is 2.36. The summed E-state index contributed by atoms with van der Waals surface area (Å²) in [6.45, 7) is 1.83. The summed E-state index contributed by atoms with van der Waals surface area (Å²) < 4.78 is 32.1. The summed E-state index contributed by atoms with van der Waals surface area (Å²) in [6, 6.07) is 8.39. The van der Waals surface area contributed by atoms with Crippen molar-refractivity contribution in [2.45, 2.75) is 29.8 Å². The molecule has 2 aliphatic rings. The smallest absolute Gasteiger partial charge is 0.392 e. The average molecular weight is 410 g/mol. The maximum atomic E-state index is 12.7. The summed E-state index contributed by atoms with van der Waals surface area (Å²) in [5.74, 6) is 0.224. The minimum absolute atomic E-state index is 0.224. The van der Waals surface area contributed by atoms with E-state index >= 15 is 0 Å². The Hall–Kier alpha value is -2.17. The van der Waals surface area contributed by atoms with E-state index < -0.39 is 21.7 Å². The highest BCUT2D eigenvalue weighted by Gasteiger charge is 2.45. The number of carbonyl (C=O) groups excluding carboxylic acids is 1. The second-order valence-electron chi connectivity index (χ2n) is 7.27. The molecule has 1 spiro atoms. The molecule has 154 valence electrons. The normalized spacial score (nSPS) is 19.3. The quantitative estimate of drug-likeness (QED) is 0.784. The minimum atomic E-state index is -3.52. The number of alkyl carbamates (subject to hydrolysis) is 1. The molecule has 0 unspecified atom stereocenters. The molecule has 1 aromatic carbocycles. The van der Waals surface area contributed by atoms with E-state index in [0.29, 0.717) is 45.4 Å². The van der Waals surface area contributed by atoms with Gasteiger partial charge < -0.3 is 19.8 Å². The van der Waals surface area contributed by atoms with Crippen molar-refractivity contribution in [1.29, 1.82) is 0 Å². The van der Waals surface area contributed by atoms with Crippen LogP contribution >= 0.6 is 0 Å². The van der Waals surface area contributed by atoms with Gasteiger partial charge in [0, 0.05) is 39.0 Å². The molecule has 0 atom stereocenters. The van der Waals surface area contributed by atoms with Gasteiger partial charge in [0.05, 0.1) is 11.3 Å². The van der Waals surface area contributed by atoms with Crippen LogP contribution in [-0.4, -0.2) is 75.5 Å². The zero-order chi connectivity index (χ0) is 20.2. The van der Waals surface area contributed by atoms with E-state index in [1.54, 1.807) is 30.3 Å². The maximum absolute atomic E-state index is 12.7. The fourth-order valence-electron chi connectivity index (χ4n) is 3.21. The number of ether oxygens (including phenoxy) is 1. The first-order chi connectivity index (χ1) is 13.3. The zero-order valence-corrected chi connectivity index (χ0v) is 16.9. The lowest BCUT2D eigenvalue weighted by Crippen LogP contribution is -2.46. The molecule has 10 heteroatoms. The third-order valence-electron chi connectivity index (χ3n) is 4.87. The Labute approximate surface area is 165 Å². The molecule has 1 fully saturated rings. The second-order valence-corrected chi connectivity index (χ2v) is 9.21. The van der Waals surface area contributed by atoms with Gasteiger partial charge in [-0.05, 0) is 26.2 Å². The highest BCUT2D eigenvalue weighted by atomic mass is 32.2. The minimum Gasteiger partial charge on any atom is -0.392 e. The molecule has 0 aliphatic carbocycles. The van der Waals surface area contributed by atoms with E-state index in [-0.39, 0.29) is 10.8 Å². The number of benzene rings is 1. The molecular weight excluding hydrogens is 384 g/mol. The first-order valence-electron chi connectivity index (χ1n) is 9.21. The third-order valence-corrected chi connectivity index (χ3v) is 6.78. The predicted molar refractivity (Wildman–Crippen MR) is 103 cm³/mol. The summed E-state index contributed by atoms with van der Waals surface area (Å²) in [7, 11) is 0.308. The SMILES string of the molecule is CN(C)CCNC(=O)OC1=NOC2(CCN(S(=O)(=O)c3ccccc3)CC2)C1. The predicted octanol–water partition coefficient (Wildman–Crippen LogP) is 1.23. The number of sulfonamides is 1. The van der Waals surface area contributed by atoms with Gasteiger partial charge in [-0.1, -0.05) is 23.4 Å². The summed E-state index contributed by atoms with van der Waals surface area (Å²) in [6.07, 6.45) is 0.758. The molecule has 1 N–H and O–H groups in total. The highest BCUT2D eigenvalue weighted by molar-refractivity contribution is 7.89. The number of carbonyl (C=O) groups is 1. The summed E-state index contributed by atoms with van der Waals surface area (Å²) in [5.41, 5.74) is -0.609. The van der Waals surface area contributed by atoms with Crippen molar-refractivity contribution in [2.24, 2.45) is 5.16 Å². The number of hydrogen-bond acceptors (Lipinski definition) is 7. The molecule has 9 nitrogen and oxygen atoms in total. The lowest BCUT2D eigenvalue weighted by atomic mass is 9.89. The van der Waals surface area contributed by atoms with Crippen LogP contribution in [-0.2, 0) is 19.6 Å². The van der Waals surface area contributed by atoms with E-state index in [2.05, 4.69) is 10.5 Å². The van der Waals surface area contributed by atoms with Gasteiger partial charge in [-0.15, -0.1) is 0 Å². The standard InChI is InChI=1S/C18H26N4O5S/c1-21(2)13-10-19-17(23)26-16-14-18(27-20-16)8-11-22(12-9-18)28(24,25)15-6-4-3-5-7-15/h3-7H,8-14H2,1-2H3,(H,19,23). The summed E-state index contributed by atoms with van der Waals surface area (Å²) in [4.78, 5) is 19.6. The van der Waals surface area contributed by atoms with E-state index in [1.807, 2.05) is 19.0 Å². The Balaban J connectivity index is 1.50. The Kier molecular flexibility index (Phi) is 6.21. The number of nitrogens with zero attached hydrogens (tertiary/aromatic N) is 3. The van der Waals surface area contributed by atoms with Crippen LogP contribution in [0.1, 0.15) is 19.3 Å². The van der Waals surface area contributed by atoms with Crippen LogP contribution in [0.25, 0.3) is 0 Å². The third kappa shape index (κ3) is 4.81. The molecule has 1 amide bonds. The Bertz CT molecular complexity index is 818. The Morgan fingerprint density at radius 1 is 1.29 bits per heavy atom. The molecule has 0 radical (unpaired) electrons. The number of piperidine rings is 1. The van der Waals surface area contributed by atoms with Crippen molar-refractivity contribution >= 4 is 22.0 Å². The van der Waals surface area contributed by atoms with Crippen molar-refractivity contribution in [2.75, 3.05) is 40.3 Å². The van der Waals surface area contributed by atoms with Crippen molar-refractivity contribution in [3.8, 4) is 0 Å². The number of rotatable bonds is 5. The van der Waals surface area contributed by atoms with Crippen molar-refractivity contribution in [1.82, 2.24) is 14.5 Å². The first-order valence-corrected chi connectivity index (χ1v) is 10.7. The maximum Gasteiger partial charge on any atom is 0.413 e. The number of hydrogen-bond donors (Lipinski definition) is 1. The topological polar surface area (TPSA) is 101 Å². The molecule has 2 heterocycles. The van der Waals surface area contributed by atoms with E-state index in [0.717, 1.165) is 0 Å². The van der Waals surface area contributed by atoms with Crippen LogP contribution in [0.2, 0.25) is 0 Å². The van der Waals surface area contributed by atoms with Gasteiger partial charge in [-0.25, -0.2) is 13.2 Å². The second kappa shape index (κ2) is 8.46. The summed E-state index contributed by atoms with van der Waals surface area (Å²) >= 11 is 0. The number of oxime groups is 1. The fourth-order valence-corrected chi connectivity index (χ4v) is 4.67. The van der Waals surface area contributed by atoms with E-state index in [9.17, 15) is 13.2 Å². The van der Waals surface area contributed by atoms with Gasteiger partial charge in [0.2, 0.25) is 15.9 Å². The molecule has 1 aromatic rings. The van der Waals surface area contributed by atoms with Gasteiger partial charge in [-0.3, -0.25) is 0 Å². The summed E-state index contributed by atoms with van der Waals surface area (Å²) in [5, 5.41) is 6.55. The molecule has 0 saturated carbocycles. The molecule has 1 saturated heterocycles. The molecule has 0 bridgehead atoms. The molecule has 2 aliphatic heterocycles. The van der Waals surface area contributed by atoms with Crippen LogP contribution in [0.15, 0.2) is 40.4 Å². The molecule has 3 rings (SSSR count). The lowest BCUT2D eigenvalue weighted by Gasteiger charge is -2.36. The molecular formula is C18H26N4O5S. The first kappa shape index (κ1) is 20.6. The van der Waals surface area contributed by atoms with Gasteiger partial charge in [0.15, 0.2) is 0 Å². The van der Waals surface area contributed by atoms with Crippen LogP contribution in [0, 0.1) is 0 Å². The molecule has 0 aromatic heterocycles. The van der Waals surface area contributed by atoms with Gasteiger partial charge >= 0.3 is 6.09 Å². The van der Waals surface area contributed by atoms with Crippen molar-refractivity contribution in [3.63, 3.8) is 0 Å². The number of likely N-dealkylation sites (N-methyl/N-ethyl adjacent to an activating group) is 1. The lowest BCUT2D eigenvalue weighted by molar-refractivity contribution is -0.0506. The van der Waals surface area contributed by atoms with Gasteiger partial charge in [0.1, 0.15) is 5.60 Å². The largest absolute Gasteiger partial charge is 0.413 e. The molecule has 28 heavy (non-hydrogen) atoms. The zero-order valence-electron chi connectivity index (χ0n) is 16.1. The van der Waals surface area contributed by atoms with Crippen LogP contribution < -0.4 is 5.32 Å². The average Bonchev–Trinajstić information content (AvgIpc) is 3.04. The Morgan fingerprint density at radius 3 is 2.61 bits per heavy atom. The monoisotopic (exact) mass is 410 g/mol. The van der Waals surface area contributed by atoms with Crippen LogP contribution in [0.3, 0.4) is 0 Å². The Morgan fingerprint density at radius 2 is 1.96 bits per heavy atom. The van der Waals surface area contributed by atoms with Crippen molar-refractivity contribution in [3.05, 3.63) is 30.3 Å². The van der Waals surface area contributed by atoms with Gasteiger partial charge in [-0.2, -0.15) is 4.31 Å². The van der Waals surface area contributed by atoms with Gasteiger partial charge in [0.25, 0.3) is 0 Å². The van der Waals surface area contributed by atoms with Crippen LogP contribution in [0.4, 0.5) is 4.79 Å². The van der Waals surface area contributed by atoms with Crippen molar-refractivity contribution < 1.29 is 22.8 Å². The van der Waals surface area contributed by atoms with Crippen LogP contribution in [0.5, 0.6) is 0 Å². The van der Waals surface area contributed by atoms with E-state index in [1.165, 1.54) is 4.31 Å². The van der Waals surface area contributed by atoms with E-state index in [4.69, 9.17) is 9.57 Å². The fraction of sp³-hybridized carbons (Fsp3) is 0.556.